The van der Waals surface area contributed by atoms with Gasteiger partial charge in [0, 0.05) is 13.6 Å². The highest BCUT2D eigenvalue weighted by atomic mass is 32.2. The van der Waals surface area contributed by atoms with Crippen molar-refractivity contribution >= 4 is 23.6 Å². The van der Waals surface area contributed by atoms with E-state index < -0.39 is 11.2 Å². The van der Waals surface area contributed by atoms with Crippen LogP contribution in [0.2, 0.25) is 0 Å². The van der Waals surface area contributed by atoms with E-state index in [0.717, 1.165) is 17.3 Å². The normalized spacial score (nSPS) is 11.4. The Morgan fingerprint density at radius 2 is 2.05 bits per heavy atom. The molecule has 112 valence electrons. The zero-order valence-electron chi connectivity index (χ0n) is 11.9. The molecule has 0 aliphatic rings. The van der Waals surface area contributed by atoms with Crippen LogP contribution in [-0.2, 0) is 16.0 Å². The SMILES string of the molecule is CN(CCC#N)C(=O)CSC(Cc1ccccc1)C(=O)O. The molecule has 1 rings (SSSR count). The van der Waals surface area contributed by atoms with Gasteiger partial charge in [0.1, 0.15) is 5.25 Å². The average molecular weight is 306 g/mol. The molecule has 0 aliphatic heterocycles. The van der Waals surface area contributed by atoms with Gasteiger partial charge in [0.25, 0.3) is 0 Å². The molecule has 0 heterocycles. The quantitative estimate of drug-likeness (QED) is 0.792. The summed E-state index contributed by atoms with van der Waals surface area (Å²) in [6, 6.07) is 11.3. The minimum atomic E-state index is -0.920. The summed E-state index contributed by atoms with van der Waals surface area (Å²) in [4.78, 5) is 24.6. The lowest BCUT2D eigenvalue weighted by molar-refractivity contribution is -0.136. The molecular weight excluding hydrogens is 288 g/mol. The molecule has 0 saturated heterocycles. The zero-order valence-corrected chi connectivity index (χ0v) is 12.7. The molecule has 0 fully saturated rings. The number of rotatable bonds is 8. The van der Waals surface area contributed by atoms with Crippen molar-refractivity contribution in [2.24, 2.45) is 0 Å². The van der Waals surface area contributed by atoms with Gasteiger partial charge in [-0.1, -0.05) is 30.3 Å². The summed E-state index contributed by atoms with van der Waals surface area (Å²) < 4.78 is 0. The lowest BCUT2D eigenvalue weighted by Gasteiger charge is -2.17. The fourth-order valence-electron chi connectivity index (χ4n) is 1.67. The highest BCUT2D eigenvalue weighted by molar-refractivity contribution is 8.01. The van der Waals surface area contributed by atoms with Gasteiger partial charge in [-0.15, -0.1) is 11.8 Å². The number of aliphatic carboxylic acids is 1. The summed E-state index contributed by atoms with van der Waals surface area (Å²) in [5.74, 6) is -0.975. The van der Waals surface area contributed by atoms with Crippen molar-refractivity contribution in [1.29, 1.82) is 5.26 Å². The van der Waals surface area contributed by atoms with Crippen molar-refractivity contribution in [3.05, 3.63) is 35.9 Å². The first-order valence-corrected chi connectivity index (χ1v) is 7.58. The maximum atomic E-state index is 11.8. The van der Waals surface area contributed by atoms with Crippen LogP contribution < -0.4 is 0 Å². The number of benzene rings is 1. The zero-order chi connectivity index (χ0) is 15.7. The maximum absolute atomic E-state index is 11.8. The van der Waals surface area contributed by atoms with Crippen LogP contribution in [0, 0.1) is 11.3 Å². The molecule has 1 aromatic carbocycles. The molecule has 0 aliphatic carbocycles. The van der Waals surface area contributed by atoms with Crippen molar-refractivity contribution in [2.45, 2.75) is 18.1 Å². The molecule has 1 aromatic rings. The summed E-state index contributed by atoms with van der Waals surface area (Å²) in [5.41, 5.74) is 0.933. The molecule has 0 spiro atoms. The van der Waals surface area contributed by atoms with Crippen LogP contribution >= 0.6 is 11.8 Å². The Morgan fingerprint density at radius 1 is 1.38 bits per heavy atom. The lowest BCUT2D eigenvalue weighted by atomic mass is 10.1. The first-order chi connectivity index (χ1) is 10.0. The number of carboxylic acid groups (broad SMARTS) is 1. The van der Waals surface area contributed by atoms with E-state index in [9.17, 15) is 14.7 Å². The Hall–Kier alpha value is -2.00. The standard InChI is InChI=1S/C15H18N2O3S/c1-17(9-5-8-16)14(18)11-21-13(15(19)20)10-12-6-3-2-4-7-12/h2-4,6-7,13H,5,9-11H2,1H3,(H,19,20). The highest BCUT2D eigenvalue weighted by Crippen LogP contribution is 2.17. The van der Waals surface area contributed by atoms with Crippen molar-refractivity contribution < 1.29 is 14.7 Å². The molecule has 0 radical (unpaired) electrons. The molecule has 5 nitrogen and oxygen atoms in total. The van der Waals surface area contributed by atoms with Gasteiger partial charge in [-0.2, -0.15) is 5.26 Å². The Labute approximate surface area is 128 Å². The van der Waals surface area contributed by atoms with E-state index in [1.807, 2.05) is 36.4 Å². The second kappa shape index (κ2) is 9.03. The summed E-state index contributed by atoms with van der Waals surface area (Å²) in [6.07, 6.45) is 0.662. The molecule has 6 heteroatoms. The van der Waals surface area contributed by atoms with Crippen LogP contribution in [0.3, 0.4) is 0 Å². The van der Waals surface area contributed by atoms with Gasteiger partial charge in [0.05, 0.1) is 18.2 Å². The smallest absolute Gasteiger partial charge is 0.316 e. The Kier molecular flexibility index (Phi) is 7.33. The largest absolute Gasteiger partial charge is 0.480 e. The van der Waals surface area contributed by atoms with Crippen molar-refractivity contribution in [3.63, 3.8) is 0 Å². The monoisotopic (exact) mass is 306 g/mol. The van der Waals surface area contributed by atoms with Gasteiger partial charge in [-0.3, -0.25) is 9.59 Å². The van der Waals surface area contributed by atoms with Crippen LogP contribution in [0.5, 0.6) is 0 Å². The third-order valence-corrected chi connectivity index (χ3v) is 4.12. The van der Waals surface area contributed by atoms with Crippen LogP contribution in [0.15, 0.2) is 30.3 Å². The highest BCUT2D eigenvalue weighted by Gasteiger charge is 2.21. The van der Waals surface area contributed by atoms with Crippen molar-refractivity contribution in [1.82, 2.24) is 4.90 Å². The molecule has 1 unspecified atom stereocenters. The number of nitrogens with zero attached hydrogens (tertiary/aromatic N) is 2. The van der Waals surface area contributed by atoms with Gasteiger partial charge in [-0.25, -0.2) is 0 Å². The summed E-state index contributed by atoms with van der Waals surface area (Å²) in [6.45, 7) is 0.367. The molecule has 1 amide bonds. The van der Waals surface area contributed by atoms with Crippen molar-refractivity contribution in [3.8, 4) is 6.07 Å². The lowest BCUT2D eigenvalue weighted by Crippen LogP contribution is -2.31. The van der Waals surface area contributed by atoms with E-state index in [-0.39, 0.29) is 18.1 Å². The third kappa shape index (κ3) is 6.32. The number of hydrogen-bond acceptors (Lipinski definition) is 4. The third-order valence-electron chi connectivity index (χ3n) is 2.93. The Balaban J connectivity index is 2.50. The van der Waals surface area contributed by atoms with Gasteiger partial charge < -0.3 is 10.0 Å². The maximum Gasteiger partial charge on any atom is 0.316 e. The number of carbonyl (C=O) groups is 2. The first-order valence-electron chi connectivity index (χ1n) is 6.54. The molecule has 0 aromatic heterocycles. The number of thioether (sulfide) groups is 1. The number of carboxylic acids is 1. The number of amides is 1. The van der Waals surface area contributed by atoms with Gasteiger partial charge in [0.15, 0.2) is 0 Å². The average Bonchev–Trinajstić information content (AvgIpc) is 2.49. The molecule has 21 heavy (non-hydrogen) atoms. The minimum absolute atomic E-state index is 0.103. The van der Waals surface area contributed by atoms with E-state index in [1.165, 1.54) is 4.90 Å². The van der Waals surface area contributed by atoms with E-state index in [4.69, 9.17) is 5.26 Å². The molecule has 0 bridgehead atoms. The predicted octanol–water partition coefficient (Wildman–Crippen LogP) is 1.79. The number of carbonyl (C=O) groups excluding carboxylic acids is 1. The van der Waals surface area contributed by atoms with Crippen LogP contribution in [0.25, 0.3) is 0 Å². The Morgan fingerprint density at radius 3 is 2.62 bits per heavy atom. The first kappa shape index (κ1) is 17.1. The topological polar surface area (TPSA) is 81.4 Å². The summed E-state index contributed by atoms with van der Waals surface area (Å²) in [5, 5.41) is 17.1. The van der Waals surface area contributed by atoms with E-state index in [0.29, 0.717) is 13.0 Å². The van der Waals surface area contributed by atoms with E-state index in [1.54, 1.807) is 7.05 Å². The predicted molar refractivity (Wildman–Crippen MR) is 81.9 cm³/mol. The molecular formula is C15H18N2O3S. The molecule has 1 N–H and O–H groups in total. The van der Waals surface area contributed by atoms with Crippen LogP contribution in [0.4, 0.5) is 0 Å². The van der Waals surface area contributed by atoms with Gasteiger partial charge >= 0.3 is 5.97 Å². The van der Waals surface area contributed by atoms with Crippen LogP contribution in [-0.4, -0.2) is 46.5 Å². The molecule has 1 atom stereocenters. The van der Waals surface area contributed by atoms with E-state index >= 15 is 0 Å². The molecule has 0 saturated carbocycles. The number of nitriles is 1. The van der Waals surface area contributed by atoms with E-state index in [2.05, 4.69) is 0 Å². The van der Waals surface area contributed by atoms with Gasteiger partial charge in [0.2, 0.25) is 5.91 Å². The second-order valence-electron chi connectivity index (χ2n) is 4.55. The number of hydrogen-bond donors (Lipinski definition) is 1. The second-order valence-corrected chi connectivity index (χ2v) is 5.74. The summed E-state index contributed by atoms with van der Waals surface area (Å²) in [7, 11) is 1.62. The fourth-order valence-corrected chi connectivity index (χ4v) is 2.69. The van der Waals surface area contributed by atoms with Gasteiger partial charge in [-0.05, 0) is 12.0 Å². The Bertz CT molecular complexity index is 513. The summed E-state index contributed by atoms with van der Waals surface area (Å²) >= 11 is 1.12. The van der Waals surface area contributed by atoms with Crippen molar-refractivity contribution in [2.75, 3.05) is 19.3 Å². The minimum Gasteiger partial charge on any atom is -0.480 e. The fraction of sp³-hybridized carbons (Fsp3) is 0.400. The van der Waals surface area contributed by atoms with Crippen LogP contribution in [0.1, 0.15) is 12.0 Å².